The number of nitrogens with zero attached hydrogens (tertiary/aromatic N) is 1. The van der Waals surface area contributed by atoms with Crippen LogP contribution in [0.2, 0.25) is 0 Å². The van der Waals surface area contributed by atoms with E-state index < -0.39 is 10.0 Å². The third-order valence-corrected chi connectivity index (χ3v) is 6.42. The van der Waals surface area contributed by atoms with Gasteiger partial charge in [0.1, 0.15) is 0 Å². The van der Waals surface area contributed by atoms with Crippen LogP contribution in [0.4, 0.5) is 0 Å². The molecule has 0 heterocycles. The van der Waals surface area contributed by atoms with Crippen molar-refractivity contribution in [1.29, 1.82) is 0 Å². The smallest absolute Gasteiger partial charge is 0.207 e. The highest BCUT2D eigenvalue weighted by Crippen LogP contribution is 2.22. The van der Waals surface area contributed by atoms with E-state index in [2.05, 4.69) is 0 Å². The molecule has 4 heteroatoms. The summed E-state index contributed by atoms with van der Waals surface area (Å²) in [6.07, 6.45) is 0. The summed E-state index contributed by atoms with van der Waals surface area (Å²) in [4.78, 5) is 0.326. The van der Waals surface area contributed by atoms with Crippen LogP contribution in [0.15, 0.2) is 77.7 Å². The normalized spacial score (nSPS) is 11.7. The molecule has 0 N–H and O–H groups in total. The van der Waals surface area contributed by atoms with Gasteiger partial charge in [-0.15, -0.1) is 0 Å². The molecule has 3 rings (SSSR count). The Morgan fingerprint density at radius 2 is 0.926 bits per heavy atom. The van der Waals surface area contributed by atoms with Crippen LogP contribution in [0.3, 0.4) is 0 Å². The maximum Gasteiger partial charge on any atom is 0.243 e. The van der Waals surface area contributed by atoms with Crippen molar-refractivity contribution in [3.63, 3.8) is 0 Å². The van der Waals surface area contributed by atoms with Crippen molar-refractivity contribution in [3.8, 4) is 0 Å². The molecule has 3 nitrogen and oxygen atoms in total. The highest BCUT2D eigenvalue weighted by atomic mass is 32.2. The maximum atomic E-state index is 13.3. The largest absolute Gasteiger partial charge is 0.243 e. The number of hydrogen-bond acceptors (Lipinski definition) is 2. The van der Waals surface area contributed by atoms with Crippen molar-refractivity contribution >= 4 is 10.0 Å². The molecular formula is C23H25NO2S. The van der Waals surface area contributed by atoms with Crippen LogP contribution in [-0.4, -0.2) is 12.7 Å². The van der Waals surface area contributed by atoms with Crippen LogP contribution in [-0.2, 0) is 23.1 Å². The van der Waals surface area contributed by atoms with Gasteiger partial charge in [-0.25, -0.2) is 8.42 Å². The fourth-order valence-corrected chi connectivity index (χ4v) is 4.30. The zero-order valence-electron chi connectivity index (χ0n) is 16.0. The quantitative estimate of drug-likeness (QED) is 0.604. The Bertz CT molecular complexity index is 942. The first-order chi connectivity index (χ1) is 12.8. The maximum absolute atomic E-state index is 13.3. The lowest BCUT2D eigenvalue weighted by Crippen LogP contribution is -2.30. The van der Waals surface area contributed by atoms with Crippen molar-refractivity contribution in [1.82, 2.24) is 4.31 Å². The summed E-state index contributed by atoms with van der Waals surface area (Å²) < 4.78 is 28.2. The third-order valence-electron chi connectivity index (χ3n) is 4.62. The molecule has 0 saturated carbocycles. The van der Waals surface area contributed by atoms with Crippen LogP contribution in [0.1, 0.15) is 27.8 Å². The standard InChI is InChI=1S/C23H25NO2S/c1-18-4-10-21(11-5-18)16-24(17-22-12-6-19(2)7-13-22)27(25,26)23-14-8-20(3)9-15-23/h4-15H,16-17H2,1-3H3. The van der Waals surface area contributed by atoms with Crippen LogP contribution in [0, 0.1) is 20.8 Å². The van der Waals surface area contributed by atoms with E-state index in [-0.39, 0.29) is 0 Å². The van der Waals surface area contributed by atoms with Gasteiger partial charge in [-0.1, -0.05) is 77.4 Å². The number of rotatable bonds is 6. The number of aryl methyl sites for hydroxylation is 3. The lowest BCUT2D eigenvalue weighted by atomic mass is 10.1. The number of sulfonamides is 1. The molecule has 0 amide bonds. The van der Waals surface area contributed by atoms with Gasteiger partial charge in [0.15, 0.2) is 0 Å². The summed E-state index contributed by atoms with van der Waals surface area (Å²) in [5.41, 5.74) is 5.31. The van der Waals surface area contributed by atoms with Gasteiger partial charge in [0, 0.05) is 13.1 Å². The first-order valence-corrected chi connectivity index (χ1v) is 10.5. The summed E-state index contributed by atoms with van der Waals surface area (Å²) in [5.74, 6) is 0. The number of benzene rings is 3. The monoisotopic (exact) mass is 379 g/mol. The van der Waals surface area contributed by atoms with Crippen LogP contribution in [0.5, 0.6) is 0 Å². The van der Waals surface area contributed by atoms with Gasteiger partial charge in [0.2, 0.25) is 10.0 Å². The van der Waals surface area contributed by atoms with E-state index in [1.807, 2.05) is 81.4 Å². The second-order valence-electron chi connectivity index (χ2n) is 7.06. The fourth-order valence-electron chi connectivity index (χ4n) is 2.88. The van der Waals surface area contributed by atoms with Crippen LogP contribution >= 0.6 is 0 Å². The molecule has 0 aliphatic carbocycles. The molecule has 0 radical (unpaired) electrons. The predicted octanol–water partition coefficient (Wildman–Crippen LogP) is 5.00. The van der Waals surface area contributed by atoms with E-state index in [0.29, 0.717) is 18.0 Å². The Morgan fingerprint density at radius 3 is 1.30 bits per heavy atom. The van der Waals surface area contributed by atoms with Crippen molar-refractivity contribution in [2.24, 2.45) is 0 Å². The first kappa shape index (κ1) is 19.3. The molecule has 0 aliphatic heterocycles. The van der Waals surface area contributed by atoms with E-state index in [9.17, 15) is 8.42 Å². The Morgan fingerprint density at radius 1 is 0.593 bits per heavy atom. The Labute approximate surface area is 162 Å². The average molecular weight is 380 g/mol. The minimum absolute atomic E-state index is 0.326. The molecule has 0 atom stereocenters. The summed E-state index contributed by atoms with van der Waals surface area (Å²) in [5, 5.41) is 0. The Balaban J connectivity index is 1.95. The zero-order chi connectivity index (χ0) is 19.4. The van der Waals surface area contributed by atoms with Crippen LogP contribution in [0.25, 0.3) is 0 Å². The lowest BCUT2D eigenvalue weighted by Gasteiger charge is -2.23. The second kappa shape index (κ2) is 8.07. The molecule has 27 heavy (non-hydrogen) atoms. The third kappa shape index (κ3) is 4.85. The molecule has 0 fully saturated rings. The molecule has 0 unspecified atom stereocenters. The molecule has 3 aromatic rings. The van der Waals surface area contributed by atoms with Gasteiger partial charge in [0.05, 0.1) is 4.90 Å². The fraction of sp³-hybridized carbons (Fsp3) is 0.217. The van der Waals surface area contributed by atoms with Crippen molar-refractivity contribution in [3.05, 3.63) is 101 Å². The number of hydrogen-bond donors (Lipinski definition) is 0. The minimum atomic E-state index is -3.60. The summed E-state index contributed by atoms with van der Waals surface area (Å²) in [7, 11) is -3.60. The van der Waals surface area contributed by atoms with Crippen molar-refractivity contribution < 1.29 is 8.42 Å². The molecule has 0 saturated heterocycles. The lowest BCUT2D eigenvalue weighted by molar-refractivity contribution is 0.401. The molecular weight excluding hydrogens is 354 g/mol. The summed E-state index contributed by atoms with van der Waals surface area (Å²) in [6.45, 7) is 6.68. The highest BCUT2D eigenvalue weighted by molar-refractivity contribution is 7.89. The van der Waals surface area contributed by atoms with Gasteiger partial charge in [-0.3, -0.25) is 0 Å². The molecule has 3 aromatic carbocycles. The van der Waals surface area contributed by atoms with E-state index >= 15 is 0 Å². The van der Waals surface area contributed by atoms with E-state index in [1.54, 1.807) is 16.4 Å². The molecule has 0 spiro atoms. The van der Waals surface area contributed by atoms with Gasteiger partial charge in [0.25, 0.3) is 0 Å². The van der Waals surface area contributed by atoms with E-state index in [0.717, 1.165) is 27.8 Å². The van der Waals surface area contributed by atoms with E-state index in [4.69, 9.17) is 0 Å². The van der Waals surface area contributed by atoms with Gasteiger partial charge < -0.3 is 0 Å². The van der Waals surface area contributed by atoms with Gasteiger partial charge in [-0.05, 0) is 44.0 Å². The molecule has 140 valence electrons. The van der Waals surface area contributed by atoms with Crippen molar-refractivity contribution in [2.75, 3.05) is 0 Å². The Kier molecular flexibility index (Phi) is 5.78. The predicted molar refractivity (Wildman–Crippen MR) is 110 cm³/mol. The zero-order valence-corrected chi connectivity index (χ0v) is 16.8. The molecule has 0 aliphatic rings. The summed E-state index contributed by atoms with van der Waals surface area (Å²) in [6, 6.07) is 23.0. The van der Waals surface area contributed by atoms with Crippen molar-refractivity contribution in [2.45, 2.75) is 38.8 Å². The summed E-state index contributed by atoms with van der Waals surface area (Å²) >= 11 is 0. The van der Waals surface area contributed by atoms with Gasteiger partial charge in [-0.2, -0.15) is 4.31 Å². The topological polar surface area (TPSA) is 37.4 Å². The minimum Gasteiger partial charge on any atom is -0.207 e. The first-order valence-electron chi connectivity index (χ1n) is 9.02. The molecule has 0 bridgehead atoms. The average Bonchev–Trinajstić information content (AvgIpc) is 2.65. The van der Waals surface area contributed by atoms with E-state index in [1.165, 1.54) is 0 Å². The Hall–Kier alpha value is -2.43. The van der Waals surface area contributed by atoms with Gasteiger partial charge >= 0.3 is 0 Å². The van der Waals surface area contributed by atoms with Crippen LogP contribution < -0.4 is 0 Å². The second-order valence-corrected chi connectivity index (χ2v) is 9.00. The highest BCUT2D eigenvalue weighted by Gasteiger charge is 2.25. The molecule has 0 aromatic heterocycles. The SMILES string of the molecule is Cc1ccc(CN(Cc2ccc(C)cc2)S(=O)(=O)c2ccc(C)cc2)cc1.